The second kappa shape index (κ2) is 7.11. The van der Waals surface area contributed by atoms with Crippen molar-refractivity contribution in [2.75, 3.05) is 0 Å². The van der Waals surface area contributed by atoms with Crippen molar-refractivity contribution in [3.05, 3.63) is 35.9 Å². The van der Waals surface area contributed by atoms with E-state index in [4.69, 9.17) is 0 Å². The van der Waals surface area contributed by atoms with Crippen molar-refractivity contribution in [1.82, 2.24) is 5.32 Å². The molecule has 1 N–H and O–H groups in total. The fourth-order valence-electron chi connectivity index (χ4n) is 3.55. The largest absolute Gasteiger partial charge is 0.350 e. The van der Waals surface area contributed by atoms with E-state index in [9.17, 15) is 4.79 Å². The number of carbonyl (C=O) groups excluding carboxylic acids is 1. The molecule has 21 heavy (non-hydrogen) atoms. The zero-order valence-electron chi connectivity index (χ0n) is 13.7. The van der Waals surface area contributed by atoms with E-state index in [1.54, 1.807) is 0 Å². The number of carbonyl (C=O) groups is 1. The topological polar surface area (TPSA) is 29.1 Å². The second-order valence-corrected chi connectivity index (χ2v) is 6.98. The third-order valence-corrected chi connectivity index (χ3v) is 5.27. The van der Waals surface area contributed by atoms with E-state index in [-0.39, 0.29) is 11.4 Å². The Balaban J connectivity index is 2.03. The maximum atomic E-state index is 12.5. The number of benzene rings is 1. The molecule has 1 aliphatic rings. The SMILES string of the molecule is CC(C)[C@@](C)(NC(=O)Cc1ccccc1)C1CCCCC1. The first-order valence-electron chi connectivity index (χ1n) is 8.37. The molecule has 1 fully saturated rings. The number of amides is 1. The summed E-state index contributed by atoms with van der Waals surface area (Å²) >= 11 is 0. The van der Waals surface area contributed by atoms with Crippen molar-refractivity contribution < 1.29 is 4.79 Å². The molecule has 0 bridgehead atoms. The number of nitrogens with one attached hydrogen (secondary N) is 1. The van der Waals surface area contributed by atoms with Gasteiger partial charge in [0, 0.05) is 5.54 Å². The Morgan fingerprint density at radius 3 is 2.38 bits per heavy atom. The Morgan fingerprint density at radius 1 is 1.19 bits per heavy atom. The van der Waals surface area contributed by atoms with Crippen LogP contribution in [0.25, 0.3) is 0 Å². The van der Waals surface area contributed by atoms with Crippen LogP contribution < -0.4 is 5.32 Å². The molecule has 2 nitrogen and oxygen atoms in total. The van der Waals surface area contributed by atoms with Gasteiger partial charge in [0.2, 0.25) is 5.91 Å². The molecule has 2 rings (SSSR count). The van der Waals surface area contributed by atoms with E-state index < -0.39 is 0 Å². The first-order chi connectivity index (χ1) is 10.0. The van der Waals surface area contributed by atoms with Crippen LogP contribution in [-0.2, 0) is 11.2 Å². The number of hydrogen-bond donors (Lipinski definition) is 1. The van der Waals surface area contributed by atoms with E-state index >= 15 is 0 Å². The normalized spacial score (nSPS) is 19.2. The van der Waals surface area contributed by atoms with Crippen LogP contribution in [-0.4, -0.2) is 11.4 Å². The van der Waals surface area contributed by atoms with Crippen LogP contribution in [0.2, 0.25) is 0 Å². The summed E-state index contributed by atoms with van der Waals surface area (Å²) in [6.07, 6.45) is 6.95. The minimum Gasteiger partial charge on any atom is -0.350 e. The first kappa shape index (κ1) is 16.1. The summed E-state index contributed by atoms with van der Waals surface area (Å²) in [4.78, 5) is 12.5. The summed E-state index contributed by atoms with van der Waals surface area (Å²) in [7, 11) is 0. The van der Waals surface area contributed by atoms with Crippen molar-refractivity contribution in [3.8, 4) is 0 Å². The Labute approximate surface area is 129 Å². The van der Waals surface area contributed by atoms with Crippen molar-refractivity contribution in [2.24, 2.45) is 11.8 Å². The zero-order valence-corrected chi connectivity index (χ0v) is 13.7. The van der Waals surface area contributed by atoms with Crippen molar-refractivity contribution in [2.45, 2.75) is 64.8 Å². The summed E-state index contributed by atoms with van der Waals surface area (Å²) in [5.74, 6) is 1.23. The predicted molar refractivity (Wildman–Crippen MR) is 88.1 cm³/mol. The van der Waals surface area contributed by atoms with Crippen LogP contribution in [0.1, 0.15) is 58.4 Å². The highest BCUT2D eigenvalue weighted by Crippen LogP contribution is 2.37. The van der Waals surface area contributed by atoms with Crippen LogP contribution in [0.5, 0.6) is 0 Å². The Kier molecular flexibility index (Phi) is 5.44. The summed E-state index contributed by atoms with van der Waals surface area (Å²) in [5.41, 5.74) is 1.01. The minimum atomic E-state index is -0.0771. The summed E-state index contributed by atoms with van der Waals surface area (Å²) in [6, 6.07) is 10.0. The van der Waals surface area contributed by atoms with Crippen molar-refractivity contribution in [1.29, 1.82) is 0 Å². The van der Waals surface area contributed by atoms with E-state index in [0.717, 1.165) is 5.56 Å². The molecule has 0 aromatic heterocycles. The van der Waals surface area contributed by atoms with Gasteiger partial charge in [-0.05, 0) is 37.2 Å². The second-order valence-electron chi connectivity index (χ2n) is 6.98. The third kappa shape index (κ3) is 4.09. The van der Waals surface area contributed by atoms with Gasteiger partial charge in [0.05, 0.1) is 6.42 Å². The molecule has 0 unspecified atom stereocenters. The van der Waals surface area contributed by atoms with Gasteiger partial charge in [-0.15, -0.1) is 0 Å². The van der Waals surface area contributed by atoms with Crippen LogP contribution in [0.4, 0.5) is 0 Å². The van der Waals surface area contributed by atoms with Crippen molar-refractivity contribution in [3.63, 3.8) is 0 Å². The monoisotopic (exact) mass is 287 g/mol. The van der Waals surface area contributed by atoms with Crippen LogP contribution in [0.15, 0.2) is 30.3 Å². The van der Waals surface area contributed by atoms with Gasteiger partial charge in [0.25, 0.3) is 0 Å². The molecule has 1 amide bonds. The summed E-state index contributed by atoms with van der Waals surface area (Å²) in [5, 5.41) is 3.37. The predicted octanol–water partition coefficient (Wildman–Crippen LogP) is 4.34. The lowest BCUT2D eigenvalue weighted by atomic mass is 9.70. The lowest BCUT2D eigenvalue weighted by Gasteiger charge is -2.44. The van der Waals surface area contributed by atoms with E-state index in [1.165, 1.54) is 32.1 Å². The van der Waals surface area contributed by atoms with Crippen LogP contribution in [0.3, 0.4) is 0 Å². The molecular weight excluding hydrogens is 258 g/mol. The molecule has 1 aromatic carbocycles. The van der Waals surface area contributed by atoms with Gasteiger partial charge >= 0.3 is 0 Å². The average molecular weight is 287 g/mol. The molecule has 0 saturated heterocycles. The average Bonchev–Trinajstić information content (AvgIpc) is 2.48. The molecular formula is C19H29NO. The van der Waals surface area contributed by atoms with Gasteiger partial charge in [0.1, 0.15) is 0 Å². The van der Waals surface area contributed by atoms with Gasteiger partial charge in [0.15, 0.2) is 0 Å². The van der Waals surface area contributed by atoms with Gasteiger partial charge in [-0.25, -0.2) is 0 Å². The van der Waals surface area contributed by atoms with Gasteiger partial charge in [-0.1, -0.05) is 63.4 Å². The number of hydrogen-bond acceptors (Lipinski definition) is 1. The molecule has 1 aromatic rings. The van der Waals surface area contributed by atoms with Gasteiger partial charge in [-0.2, -0.15) is 0 Å². The highest BCUT2D eigenvalue weighted by molar-refractivity contribution is 5.79. The minimum absolute atomic E-state index is 0.0771. The molecule has 0 radical (unpaired) electrons. The molecule has 0 aliphatic heterocycles. The van der Waals surface area contributed by atoms with E-state index in [1.807, 2.05) is 30.3 Å². The van der Waals surface area contributed by atoms with Crippen LogP contribution >= 0.6 is 0 Å². The first-order valence-corrected chi connectivity index (χ1v) is 8.37. The van der Waals surface area contributed by atoms with Crippen LogP contribution in [0, 0.1) is 11.8 Å². The molecule has 1 aliphatic carbocycles. The van der Waals surface area contributed by atoms with Gasteiger partial charge in [-0.3, -0.25) is 4.79 Å². The summed E-state index contributed by atoms with van der Waals surface area (Å²) in [6.45, 7) is 6.71. The Hall–Kier alpha value is -1.31. The lowest BCUT2D eigenvalue weighted by Crippen LogP contribution is -2.56. The molecule has 0 heterocycles. The fraction of sp³-hybridized carbons (Fsp3) is 0.632. The molecule has 1 saturated carbocycles. The molecule has 0 spiro atoms. The molecule has 2 heteroatoms. The zero-order chi connectivity index (χ0) is 15.3. The highest BCUT2D eigenvalue weighted by atomic mass is 16.1. The maximum Gasteiger partial charge on any atom is 0.224 e. The maximum absolute atomic E-state index is 12.5. The quantitative estimate of drug-likeness (QED) is 0.857. The van der Waals surface area contributed by atoms with E-state index in [2.05, 4.69) is 26.1 Å². The fourth-order valence-corrected chi connectivity index (χ4v) is 3.55. The summed E-state index contributed by atoms with van der Waals surface area (Å²) < 4.78 is 0. The smallest absolute Gasteiger partial charge is 0.224 e. The third-order valence-electron chi connectivity index (χ3n) is 5.27. The Bertz CT molecular complexity index is 448. The molecule has 116 valence electrons. The standard InChI is InChI=1S/C19H29NO/c1-15(2)19(3,17-12-8-5-9-13-17)20-18(21)14-16-10-6-4-7-11-16/h4,6-7,10-11,15,17H,5,8-9,12-14H2,1-3H3,(H,20,21)/t19-/m1/s1. The van der Waals surface area contributed by atoms with E-state index in [0.29, 0.717) is 18.3 Å². The highest BCUT2D eigenvalue weighted by Gasteiger charge is 2.38. The van der Waals surface area contributed by atoms with Gasteiger partial charge < -0.3 is 5.32 Å². The van der Waals surface area contributed by atoms with Crippen molar-refractivity contribution >= 4 is 5.91 Å². The lowest BCUT2D eigenvalue weighted by molar-refractivity contribution is -0.123. The number of rotatable bonds is 5. The Morgan fingerprint density at radius 2 is 1.81 bits per heavy atom. The molecule has 1 atom stereocenters.